The van der Waals surface area contributed by atoms with Crippen molar-refractivity contribution in [2.45, 2.75) is 58.7 Å². The average molecular weight is 420 g/mol. The minimum atomic E-state index is -0.0231. The van der Waals surface area contributed by atoms with Crippen LogP contribution in [0.15, 0.2) is 53.3 Å². The molecule has 2 aromatic carbocycles. The Hall–Kier alpha value is -2.66. The zero-order valence-electron chi connectivity index (χ0n) is 17.7. The zero-order chi connectivity index (χ0) is 21.1. The molecule has 0 amide bonds. The highest BCUT2D eigenvalue weighted by atomic mass is 32.1. The first-order valence-corrected chi connectivity index (χ1v) is 11.1. The third kappa shape index (κ3) is 4.41. The number of aryl methyl sites for hydroxylation is 2. The number of nitrogens with zero attached hydrogens (tertiary/aromatic N) is 1. The van der Waals surface area contributed by atoms with Gasteiger partial charge >= 0.3 is 0 Å². The van der Waals surface area contributed by atoms with Gasteiger partial charge in [0.1, 0.15) is 0 Å². The van der Waals surface area contributed by atoms with Gasteiger partial charge in [0.25, 0.3) is 5.56 Å². The number of rotatable bonds is 5. The van der Waals surface area contributed by atoms with Crippen LogP contribution in [0.3, 0.4) is 0 Å². The van der Waals surface area contributed by atoms with Gasteiger partial charge in [0, 0.05) is 18.2 Å². The van der Waals surface area contributed by atoms with Crippen molar-refractivity contribution in [3.63, 3.8) is 0 Å². The van der Waals surface area contributed by atoms with E-state index in [9.17, 15) is 4.79 Å². The van der Waals surface area contributed by atoms with Crippen LogP contribution in [0.5, 0.6) is 0 Å². The normalized spacial score (nSPS) is 14.2. The maximum Gasteiger partial charge on any atom is 0.253 e. The molecule has 0 saturated heterocycles. The molecule has 3 aromatic rings. The first-order valence-electron chi connectivity index (χ1n) is 10.7. The van der Waals surface area contributed by atoms with Crippen LogP contribution in [0.25, 0.3) is 10.9 Å². The molecule has 4 rings (SSSR count). The van der Waals surface area contributed by atoms with Gasteiger partial charge in [-0.25, -0.2) is 0 Å². The van der Waals surface area contributed by atoms with Gasteiger partial charge < -0.3 is 15.2 Å². The van der Waals surface area contributed by atoms with E-state index in [0.29, 0.717) is 19.1 Å². The highest BCUT2D eigenvalue weighted by molar-refractivity contribution is 7.80. The Morgan fingerprint density at radius 1 is 1.13 bits per heavy atom. The molecular weight excluding hydrogens is 390 g/mol. The maximum atomic E-state index is 12.9. The minimum Gasteiger partial charge on any atom is -0.358 e. The van der Waals surface area contributed by atoms with Crippen LogP contribution in [0.4, 0.5) is 0 Å². The van der Waals surface area contributed by atoms with Crippen molar-refractivity contribution in [3.8, 4) is 0 Å². The number of fused-ring (bicyclic) bond motifs is 1. The standard InChI is InChI=1S/C25H29N3OS/c1-17-12-13-20-14-21(24(29)27-23(20)18(17)2)16-28(22-10-6-7-11-22)25(30)26-15-19-8-4-3-5-9-19/h3-5,8-9,12-14,22H,6-7,10-11,15-16H2,1-2H3,(H,26,30)(H,27,29). The minimum absolute atomic E-state index is 0.0231. The van der Waals surface area contributed by atoms with Crippen molar-refractivity contribution in [1.29, 1.82) is 0 Å². The average Bonchev–Trinajstić information content (AvgIpc) is 3.29. The summed E-state index contributed by atoms with van der Waals surface area (Å²) in [5.74, 6) is 0. The molecule has 1 aliphatic carbocycles. The molecule has 1 heterocycles. The highest BCUT2D eigenvalue weighted by Gasteiger charge is 2.25. The third-order valence-corrected chi connectivity index (χ3v) is 6.66. The molecule has 2 N–H and O–H groups in total. The molecule has 0 unspecified atom stereocenters. The Morgan fingerprint density at radius 3 is 2.60 bits per heavy atom. The molecule has 4 nitrogen and oxygen atoms in total. The monoisotopic (exact) mass is 419 g/mol. The molecule has 1 fully saturated rings. The summed E-state index contributed by atoms with van der Waals surface area (Å²) in [5, 5.41) is 5.21. The lowest BCUT2D eigenvalue weighted by atomic mass is 10.0. The van der Waals surface area contributed by atoms with Gasteiger partial charge in [-0.2, -0.15) is 0 Å². The number of H-pyrrole nitrogens is 1. The fourth-order valence-electron chi connectivity index (χ4n) is 4.33. The van der Waals surface area contributed by atoms with Crippen molar-refractivity contribution < 1.29 is 0 Å². The van der Waals surface area contributed by atoms with E-state index in [2.05, 4.69) is 53.3 Å². The molecular formula is C25H29N3OS. The fraction of sp³-hybridized carbons (Fsp3) is 0.360. The third-order valence-electron chi connectivity index (χ3n) is 6.28. The Kier molecular flexibility index (Phi) is 6.18. The smallest absolute Gasteiger partial charge is 0.253 e. The largest absolute Gasteiger partial charge is 0.358 e. The van der Waals surface area contributed by atoms with Crippen molar-refractivity contribution in [2.75, 3.05) is 0 Å². The van der Waals surface area contributed by atoms with Crippen molar-refractivity contribution >= 4 is 28.2 Å². The molecule has 0 aliphatic heterocycles. The van der Waals surface area contributed by atoms with E-state index in [1.165, 1.54) is 24.0 Å². The van der Waals surface area contributed by atoms with Gasteiger partial charge in [0.05, 0.1) is 12.1 Å². The van der Waals surface area contributed by atoms with Gasteiger partial charge in [-0.3, -0.25) is 4.79 Å². The summed E-state index contributed by atoms with van der Waals surface area (Å²) in [5.41, 5.74) is 5.18. The number of nitrogens with one attached hydrogen (secondary N) is 2. The lowest BCUT2D eigenvalue weighted by molar-refractivity contribution is 0.302. The van der Waals surface area contributed by atoms with Crippen molar-refractivity contribution in [2.24, 2.45) is 0 Å². The Bertz CT molecular complexity index is 1100. The lowest BCUT2D eigenvalue weighted by Crippen LogP contribution is -2.45. The first-order chi connectivity index (χ1) is 14.5. The summed E-state index contributed by atoms with van der Waals surface area (Å²) >= 11 is 5.79. The van der Waals surface area contributed by atoms with Crippen LogP contribution in [-0.4, -0.2) is 21.0 Å². The summed E-state index contributed by atoms with van der Waals surface area (Å²) in [4.78, 5) is 18.2. The zero-order valence-corrected chi connectivity index (χ0v) is 18.5. The van der Waals surface area contributed by atoms with Crippen LogP contribution < -0.4 is 10.9 Å². The second kappa shape index (κ2) is 9.00. The van der Waals surface area contributed by atoms with E-state index in [1.807, 2.05) is 24.3 Å². The number of hydrogen-bond donors (Lipinski definition) is 2. The number of thiocarbonyl (C=S) groups is 1. The predicted molar refractivity (Wildman–Crippen MR) is 128 cm³/mol. The second-order valence-electron chi connectivity index (χ2n) is 8.31. The summed E-state index contributed by atoms with van der Waals surface area (Å²) in [6.45, 7) is 5.35. The van der Waals surface area contributed by atoms with E-state index < -0.39 is 0 Å². The first kappa shape index (κ1) is 20.6. The summed E-state index contributed by atoms with van der Waals surface area (Å²) in [7, 11) is 0. The van der Waals surface area contributed by atoms with Crippen LogP contribution in [-0.2, 0) is 13.1 Å². The molecule has 0 atom stereocenters. The highest BCUT2D eigenvalue weighted by Crippen LogP contribution is 2.26. The van der Waals surface area contributed by atoms with Crippen LogP contribution in [0.1, 0.15) is 47.9 Å². The van der Waals surface area contributed by atoms with Gasteiger partial charge in [0.2, 0.25) is 0 Å². The molecule has 0 spiro atoms. The maximum absolute atomic E-state index is 12.9. The van der Waals surface area contributed by atoms with Gasteiger partial charge in [-0.05, 0) is 67.0 Å². The summed E-state index contributed by atoms with van der Waals surface area (Å²) < 4.78 is 0. The molecule has 5 heteroatoms. The van der Waals surface area contributed by atoms with E-state index in [1.54, 1.807) is 0 Å². The van der Waals surface area contributed by atoms with E-state index in [-0.39, 0.29) is 5.56 Å². The number of benzene rings is 2. The topological polar surface area (TPSA) is 48.1 Å². The molecule has 1 aliphatic rings. The second-order valence-corrected chi connectivity index (χ2v) is 8.69. The Balaban J connectivity index is 1.59. The van der Waals surface area contributed by atoms with E-state index in [0.717, 1.165) is 40.0 Å². The van der Waals surface area contributed by atoms with Crippen LogP contribution in [0.2, 0.25) is 0 Å². The lowest BCUT2D eigenvalue weighted by Gasteiger charge is -2.31. The molecule has 156 valence electrons. The quantitative estimate of drug-likeness (QED) is 0.574. The SMILES string of the molecule is Cc1ccc2cc(CN(C(=S)NCc3ccccc3)C3CCCC3)c(=O)[nH]c2c1C. The predicted octanol–water partition coefficient (Wildman–Crippen LogP) is 4.96. The molecule has 0 bridgehead atoms. The van der Waals surface area contributed by atoms with Crippen LogP contribution in [0, 0.1) is 13.8 Å². The molecule has 0 radical (unpaired) electrons. The van der Waals surface area contributed by atoms with Crippen molar-refractivity contribution in [1.82, 2.24) is 15.2 Å². The number of hydrogen-bond acceptors (Lipinski definition) is 2. The summed E-state index contributed by atoms with van der Waals surface area (Å²) in [6, 6.07) is 16.9. The Morgan fingerprint density at radius 2 is 1.87 bits per heavy atom. The Labute approximate surface area is 183 Å². The van der Waals surface area contributed by atoms with Gasteiger partial charge in [0.15, 0.2) is 5.11 Å². The molecule has 1 saturated carbocycles. The number of aromatic nitrogens is 1. The van der Waals surface area contributed by atoms with E-state index in [4.69, 9.17) is 12.2 Å². The van der Waals surface area contributed by atoms with Gasteiger partial charge in [-0.1, -0.05) is 55.3 Å². The summed E-state index contributed by atoms with van der Waals surface area (Å²) in [6.07, 6.45) is 4.68. The van der Waals surface area contributed by atoms with Crippen LogP contribution >= 0.6 is 12.2 Å². The number of pyridine rings is 1. The van der Waals surface area contributed by atoms with Gasteiger partial charge in [-0.15, -0.1) is 0 Å². The van der Waals surface area contributed by atoms with Crippen molar-refractivity contribution in [3.05, 3.63) is 81.1 Å². The number of aromatic amines is 1. The molecule has 1 aromatic heterocycles. The molecule has 30 heavy (non-hydrogen) atoms. The van der Waals surface area contributed by atoms with E-state index >= 15 is 0 Å². The fourth-order valence-corrected chi connectivity index (χ4v) is 4.61.